The van der Waals surface area contributed by atoms with Gasteiger partial charge in [0.05, 0.1) is 18.8 Å². The van der Waals surface area contributed by atoms with E-state index in [0.717, 1.165) is 38.2 Å². The first-order valence-corrected chi connectivity index (χ1v) is 10.0. The Morgan fingerprint density at radius 1 is 1.11 bits per heavy atom. The Bertz CT molecular complexity index is 704. The Hall–Kier alpha value is -2.27. The van der Waals surface area contributed by atoms with Gasteiger partial charge >= 0.3 is 6.09 Å². The summed E-state index contributed by atoms with van der Waals surface area (Å²) in [4.78, 5) is 14.9. The van der Waals surface area contributed by atoms with E-state index < -0.39 is 0 Å². The van der Waals surface area contributed by atoms with Crippen LogP contribution in [0.5, 0.6) is 0 Å². The molecule has 2 fully saturated rings. The fourth-order valence-electron chi connectivity index (χ4n) is 4.03. The standard InChI is InChI=1S/C22H28N2O3/c25-22(23-21(18-8-4-9-18)17-6-2-1-3-7-17)27-19-11-13-24(14-12-19)16-20-10-5-15-26-20/h1-3,5-7,10,15,18-19,21H,4,8-9,11-14,16H2,(H,23,25). The Morgan fingerprint density at radius 2 is 1.89 bits per heavy atom. The first-order valence-electron chi connectivity index (χ1n) is 10.0. The number of hydrogen-bond donors (Lipinski definition) is 1. The van der Waals surface area contributed by atoms with Crippen molar-refractivity contribution in [3.63, 3.8) is 0 Å². The zero-order valence-corrected chi connectivity index (χ0v) is 15.7. The molecule has 2 aliphatic rings. The maximum atomic E-state index is 12.5. The summed E-state index contributed by atoms with van der Waals surface area (Å²) in [6.07, 6.45) is 6.76. The van der Waals surface area contributed by atoms with E-state index in [9.17, 15) is 4.79 Å². The van der Waals surface area contributed by atoms with Gasteiger partial charge in [-0.2, -0.15) is 0 Å². The molecular formula is C22H28N2O3. The van der Waals surface area contributed by atoms with Crippen LogP contribution in [-0.4, -0.2) is 30.2 Å². The van der Waals surface area contributed by atoms with Gasteiger partial charge in [-0.15, -0.1) is 0 Å². The number of carbonyl (C=O) groups excluding carboxylic acids is 1. The van der Waals surface area contributed by atoms with Gasteiger partial charge in [0.2, 0.25) is 0 Å². The van der Waals surface area contributed by atoms with Crippen LogP contribution in [0, 0.1) is 5.92 Å². The van der Waals surface area contributed by atoms with Gasteiger partial charge in [0.15, 0.2) is 0 Å². The molecule has 1 aliphatic heterocycles. The van der Waals surface area contributed by atoms with E-state index in [1.165, 1.54) is 24.8 Å². The van der Waals surface area contributed by atoms with E-state index in [1.807, 2.05) is 30.3 Å². The Morgan fingerprint density at radius 3 is 2.52 bits per heavy atom. The van der Waals surface area contributed by atoms with Crippen molar-refractivity contribution >= 4 is 6.09 Å². The molecule has 5 heteroatoms. The van der Waals surface area contributed by atoms with Crippen molar-refractivity contribution in [2.24, 2.45) is 5.92 Å². The molecule has 0 radical (unpaired) electrons. The molecule has 1 aliphatic carbocycles. The molecule has 27 heavy (non-hydrogen) atoms. The van der Waals surface area contributed by atoms with Crippen molar-refractivity contribution in [1.82, 2.24) is 10.2 Å². The highest BCUT2D eigenvalue weighted by atomic mass is 16.6. The minimum Gasteiger partial charge on any atom is -0.468 e. The molecule has 1 saturated carbocycles. The first kappa shape index (κ1) is 18.1. The second-order valence-electron chi connectivity index (χ2n) is 7.68. The number of carbonyl (C=O) groups is 1. The Labute approximate surface area is 160 Å². The van der Waals surface area contributed by atoms with Gasteiger partial charge in [-0.1, -0.05) is 36.8 Å². The summed E-state index contributed by atoms with van der Waals surface area (Å²) in [5, 5.41) is 3.14. The van der Waals surface area contributed by atoms with Crippen LogP contribution in [0.15, 0.2) is 53.1 Å². The quantitative estimate of drug-likeness (QED) is 0.815. The number of nitrogens with zero attached hydrogens (tertiary/aromatic N) is 1. The number of likely N-dealkylation sites (tertiary alicyclic amines) is 1. The summed E-state index contributed by atoms with van der Waals surface area (Å²) in [5.41, 5.74) is 1.17. The van der Waals surface area contributed by atoms with Gasteiger partial charge in [0.25, 0.3) is 0 Å². The second-order valence-corrected chi connectivity index (χ2v) is 7.68. The second kappa shape index (κ2) is 8.61. The smallest absolute Gasteiger partial charge is 0.407 e. The van der Waals surface area contributed by atoms with Crippen molar-refractivity contribution in [1.29, 1.82) is 0 Å². The van der Waals surface area contributed by atoms with Gasteiger partial charge in [-0.05, 0) is 49.3 Å². The summed E-state index contributed by atoms with van der Waals surface area (Å²) in [6.45, 7) is 2.66. The van der Waals surface area contributed by atoms with Crippen molar-refractivity contribution in [3.05, 3.63) is 60.1 Å². The molecule has 0 spiro atoms. The fraction of sp³-hybridized carbons (Fsp3) is 0.500. The number of nitrogens with one attached hydrogen (secondary N) is 1. The molecule has 144 valence electrons. The molecule has 1 aromatic carbocycles. The molecule has 1 aromatic heterocycles. The minimum absolute atomic E-state index is 0.00401. The van der Waals surface area contributed by atoms with Crippen LogP contribution in [0.25, 0.3) is 0 Å². The third-order valence-corrected chi connectivity index (χ3v) is 5.82. The van der Waals surface area contributed by atoms with Crippen molar-refractivity contribution in [2.45, 2.75) is 50.8 Å². The van der Waals surface area contributed by atoms with Gasteiger partial charge in [0.1, 0.15) is 11.9 Å². The van der Waals surface area contributed by atoms with E-state index in [0.29, 0.717) is 5.92 Å². The maximum absolute atomic E-state index is 12.5. The summed E-state index contributed by atoms with van der Waals surface area (Å²) >= 11 is 0. The summed E-state index contributed by atoms with van der Waals surface area (Å²) in [7, 11) is 0. The normalized spacial score (nSPS) is 20.0. The zero-order chi connectivity index (χ0) is 18.5. The number of rotatable bonds is 6. The van der Waals surface area contributed by atoms with Gasteiger partial charge in [0, 0.05) is 13.1 Å². The van der Waals surface area contributed by atoms with Crippen LogP contribution < -0.4 is 5.32 Å². The lowest BCUT2D eigenvalue weighted by Gasteiger charge is -2.35. The number of piperidine rings is 1. The lowest BCUT2D eigenvalue weighted by molar-refractivity contribution is 0.0424. The topological polar surface area (TPSA) is 54.7 Å². The molecule has 1 unspecified atom stereocenters. The summed E-state index contributed by atoms with van der Waals surface area (Å²) in [6, 6.07) is 14.2. The molecule has 5 nitrogen and oxygen atoms in total. The van der Waals surface area contributed by atoms with Crippen LogP contribution in [0.3, 0.4) is 0 Å². The van der Waals surface area contributed by atoms with Crippen LogP contribution in [0.4, 0.5) is 4.79 Å². The number of hydrogen-bond acceptors (Lipinski definition) is 4. The van der Waals surface area contributed by atoms with Crippen LogP contribution in [0.1, 0.15) is 49.5 Å². The van der Waals surface area contributed by atoms with Crippen LogP contribution in [-0.2, 0) is 11.3 Å². The van der Waals surface area contributed by atoms with E-state index in [-0.39, 0.29) is 18.2 Å². The van der Waals surface area contributed by atoms with Crippen molar-refractivity contribution < 1.29 is 13.9 Å². The molecule has 1 atom stereocenters. The monoisotopic (exact) mass is 368 g/mol. The lowest BCUT2D eigenvalue weighted by atomic mass is 9.77. The number of furan rings is 1. The molecular weight excluding hydrogens is 340 g/mol. The van der Waals surface area contributed by atoms with Gasteiger partial charge < -0.3 is 14.5 Å². The molecule has 0 bridgehead atoms. The number of alkyl carbamates (subject to hydrolysis) is 1. The fourth-order valence-corrected chi connectivity index (χ4v) is 4.03. The van der Waals surface area contributed by atoms with Gasteiger partial charge in [-0.3, -0.25) is 4.90 Å². The molecule has 2 aromatic rings. The van der Waals surface area contributed by atoms with E-state index in [2.05, 4.69) is 22.3 Å². The average Bonchev–Trinajstić information content (AvgIpc) is 3.15. The van der Waals surface area contributed by atoms with Crippen LogP contribution in [0.2, 0.25) is 0 Å². The van der Waals surface area contributed by atoms with E-state index in [4.69, 9.17) is 9.15 Å². The summed E-state index contributed by atoms with van der Waals surface area (Å²) < 4.78 is 11.2. The van der Waals surface area contributed by atoms with E-state index >= 15 is 0 Å². The SMILES string of the molecule is O=C(NC(c1ccccc1)C1CCC1)OC1CCN(Cc2ccco2)CC1. The third kappa shape index (κ3) is 4.72. The van der Waals surface area contributed by atoms with Gasteiger partial charge in [-0.25, -0.2) is 4.79 Å². The largest absolute Gasteiger partial charge is 0.468 e. The highest BCUT2D eigenvalue weighted by molar-refractivity contribution is 5.68. The first-order chi connectivity index (χ1) is 13.3. The maximum Gasteiger partial charge on any atom is 0.407 e. The van der Waals surface area contributed by atoms with E-state index in [1.54, 1.807) is 6.26 Å². The minimum atomic E-state index is -0.278. The summed E-state index contributed by atoms with van der Waals surface area (Å²) in [5.74, 6) is 1.51. The van der Waals surface area contributed by atoms with Crippen molar-refractivity contribution in [2.75, 3.05) is 13.1 Å². The predicted molar refractivity (Wildman–Crippen MR) is 103 cm³/mol. The number of amides is 1. The molecule has 2 heterocycles. The lowest BCUT2D eigenvalue weighted by Crippen LogP contribution is -2.41. The molecule has 1 N–H and O–H groups in total. The Balaban J connectivity index is 1.26. The average molecular weight is 368 g/mol. The zero-order valence-electron chi connectivity index (χ0n) is 15.7. The third-order valence-electron chi connectivity index (χ3n) is 5.82. The number of benzene rings is 1. The van der Waals surface area contributed by atoms with Crippen molar-refractivity contribution in [3.8, 4) is 0 Å². The number of ether oxygens (including phenoxy) is 1. The predicted octanol–water partition coefficient (Wildman–Crippen LogP) is 4.51. The molecule has 1 saturated heterocycles. The van der Waals surface area contributed by atoms with Crippen LogP contribution >= 0.6 is 0 Å². The highest BCUT2D eigenvalue weighted by Gasteiger charge is 2.31. The molecule has 4 rings (SSSR count). The Kier molecular flexibility index (Phi) is 5.78. The highest BCUT2D eigenvalue weighted by Crippen LogP contribution is 2.37. The molecule has 1 amide bonds.